The van der Waals surface area contributed by atoms with E-state index in [2.05, 4.69) is 44.7 Å². The third-order valence-electron chi connectivity index (χ3n) is 7.03. The van der Waals surface area contributed by atoms with Crippen LogP contribution in [0.1, 0.15) is 67.8 Å². The van der Waals surface area contributed by atoms with Gasteiger partial charge in [0, 0.05) is 55.9 Å². The van der Waals surface area contributed by atoms with Gasteiger partial charge in [0.05, 0.1) is 11.8 Å². The molecule has 1 amide bonds. The Balaban J connectivity index is 1.54. The molecule has 42 heavy (non-hydrogen) atoms. The maximum absolute atomic E-state index is 12.4. The van der Waals surface area contributed by atoms with Crippen molar-refractivity contribution in [2.75, 3.05) is 57.6 Å². The SMILES string of the molecule is CCCNc1nc(Nc2ccc(C(N)=O)cc2)ncc1C#CCCCNC1(CCC(=O)/C=C/CN(C)C)CCOCC1. The van der Waals surface area contributed by atoms with Gasteiger partial charge in [0.15, 0.2) is 5.78 Å². The lowest BCUT2D eigenvalue weighted by molar-refractivity contribution is -0.115. The molecule has 0 aliphatic carbocycles. The average Bonchev–Trinajstić information content (AvgIpc) is 2.98. The number of nitrogens with zero attached hydrogens (tertiary/aromatic N) is 3. The Kier molecular flexibility index (Phi) is 13.4. The Bertz CT molecular complexity index is 1240. The molecule has 1 saturated heterocycles. The second-order valence-corrected chi connectivity index (χ2v) is 10.8. The standard InChI is InChI=1S/C32H45N7O3/c1-4-19-34-30-26(24-35-31(38-30)37-27-13-11-25(12-14-27)29(33)41)9-6-5-7-20-36-32(17-22-42-23-18-32)16-15-28(40)10-8-21-39(2)3/h8,10-14,24,36H,4-5,7,15-23H2,1-3H3,(H2,33,41)(H2,34,35,37,38)/b10-8+. The number of ketones is 1. The molecule has 3 rings (SSSR count). The summed E-state index contributed by atoms with van der Waals surface area (Å²) in [5.74, 6) is 7.32. The summed E-state index contributed by atoms with van der Waals surface area (Å²) in [6.07, 6.45) is 11.1. The molecule has 0 saturated carbocycles. The molecule has 0 spiro atoms. The Labute approximate surface area is 249 Å². The van der Waals surface area contributed by atoms with E-state index in [4.69, 9.17) is 10.5 Å². The van der Waals surface area contributed by atoms with Gasteiger partial charge in [-0.1, -0.05) is 24.8 Å². The van der Waals surface area contributed by atoms with Crippen LogP contribution in [-0.4, -0.2) is 79.0 Å². The maximum Gasteiger partial charge on any atom is 0.248 e. The molecule has 10 heteroatoms. The van der Waals surface area contributed by atoms with Crippen molar-refractivity contribution < 1.29 is 14.3 Å². The van der Waals surface area contributed by atoms with Crippen LogP contribution in [0.2, 0.25) is 0 Å². The summed E-state index contributed by atoms with van der Waals surface area (Å²) in [5, 5.41) is 10.2. The molecule has 1 aliphatic rings. The fourth-order valence-electron chi connectivity index (χ4n) is 4.56. The van der Waals surface area contributed by atoms with Crippen LogP contribution in [-0.2, 0) is 9.53 Å². The van der Waals surface area contributed by atoms with Gasteiger partial charge in [-0.15, -0.1) is 0 Å². The van der Waals surface area contributed by atoms with E-state index in [9.17, 15) is 9.59 Å². The largest absolute Gasteiger partial charge is 0.381 e. The van der Waals surface area contributed by atoms with E-state index in [1.807, 2.05) is 25.1 Å². The van der Waals surface area contributed by atoms with Crippen molar-refractivity contribution in [2.45, 2.75) is 57.4 Å². The molecule has 1 fully saturated rings. The first-order chi connectivity index (χ1) is 20.3. The van der Waals surface area contributed by atoms with E-state index in [-0.39, 0.29) is 11.3 Å². The molecule has 1 aliphatic heterocycles. The minimum Gasteiger partial charge on any atom is -0.381 e. The zero-order valence-electron chi connectivity index (χ0n) is 25.2. The molecular weight excluding hydrogens is 530 g/mol. The summed E-state index contributed by atoms with van der Waals surface area (Å²) in [6.45, 7) is 5.88. The number of carbonyl (C=O) groups excluding carboxylic acids is 2. The number of hydrogen-bond donors (Lipinski definition) is 4. The highest BCUT2D eigenvalue weighted by atomic mass is 16.5. The van der Waals surface area contributed by atoms with Crippen LogP contribution < -0.4 is 21.7 Å². The number of allylic oxidation sites excluding steroid dienone is 1. The van der Waals surface area contributed by atoms with Crippen molar-refractivity contribution in [1.82, 2.24) is 20.2 Å². The molecule has 0 radical (unpaired) electrons. The first-order valence-electron chi connectivity index (χ1n) is 14.7. The van der Waals surface area contributed by atoms with Gasteiger partial charge < -0.3 is 31.3 Å². The molecule has 2 aromatic rings. The lowest BCUT2D eigenvalue weighted by Crippen LogP contribution is -2.50. The Morgan fingerprint density at radius 1 is 1.17 bits per heavy atom. The second-order valence-electron chi connectivity index (χ2n) is 10.8. The number of hydrogen-bond acceptors (Lipinski definition) is 9. The molecule has 5 N–H and O–H groups in total. The Morgan fingerprint density at radius 2 is 1.93 bits per heavy atom. The van der Waals surface area contributed by atoms with Crippen LogP contribution in [0.5, 0.6) is 0 Å². The smallest absolute Gasteiger partial charge is 0.248 e. The minimum absolute atomic E-state index is 0.0647. The van der Waals surface area contributed by atoms with Crippen molar-refractivity contribution in [2.24, 2.45) is 5.73 Å². The van der Waals surface area contributed by atoms with Gasteiger partial charge in [0.2, 0.25) is 11.9 Å². The first kappa shape index (κ1) is 32.7. The zero-order valence-corrected chi connectivity index (χ0v) is 25.2. The predicted molar refractivity (Wildman–Crippen MR) is 168 cm³/mol. The number of unbranched alkanes of at least 4 members (excludes halogenated alkanes) is 1. The molecule has 1 aromatic heterocycles. The van der Waals surface area contributed by atoms with E-state index >= 15 is 0 Å². The fourth-order valence-corrected chi connectivity index (χ4v) is 4.56. The molecule has 2 heterocycles. The van der Waals surface area contributed by atoms with E-state index in [1.165, 1.54) is 0 Å². The number of likely N-dealkylation sites (N-methyl/N-ethyl adjacent to an activating group) is 1. The number of amides is 1. The van der Waals surface area contributed by atoms with Crippen LogP contribution in [0.4, 0.5) is 17.5 Å². The van der Waals surface area contributed by atoms with Gasteiger partial charge in [0.1, 0.15) is 5.82 Å². The van der Waals surface area contributed by atoms with Crippen molar-refractivity contribution in [3.8, 4) is 11.8 Å². The molecule has 0 atom stereocenters. The minimum atomic E-state index is -0.471. The highest BCUT2D eigenvalue weighted by Crippen LogP contribution is 2.26. The molecule has 10 nitrogen and oxygen atoms in total. The summed E-state index contributed by atoms with van der Waals surface area (Å²) in [6, 6.07) is 6.83. The number of ether oxygens (including phenoxy) is 1. The van der Waals surface area contributed by atoms with Crippen molar-refractivity contribution in [1.29, 1.82) is 0 Å². The van der Waals surface area contributed by atoms with Crippen LogP contribution in [0, 0.1) is 11.8 Å². The maximum atomic E-state index is 12.4. The summed E-state index contributed by atoms with van der Waals surface area (Å²) >= 11 is 0. The number of carbonyl (C=O) groups is 2. The molecule has 226 valence electrons. The number of rotatable bonds is 16. The molecule has 0 bridgehead atoms. The Hall–Kier alpha value is -3.78. The van der Waals surface area contributed by atoms with Crippen molar-refractivity contribution in [3.63, 3.8) is 0 Å². The fraction of sp³-hybridized carbons (Fsp3) is 0.500. The van der Waals surface area contributed by atoms with E-state index in [1.54, 1.807) is 36.5 Å². The van der Waals surface area contributed by atoms with Gasteiger partial charge >= 0.3 is 0 Å². The van der Waals surface area contributed by atoms with Crippen molar-refractivity contribution in [3.05, 3.63) is 53.7 Å². The van der Waals surface area contributed by atoms with Crippen LogP contribution >= 0.6 is 0 Å². The zero-order chi connectivity index (χ0) is 30.2. The topological polar surface area (TPSA) is 134 Å². The average molecular weight is 576 g/mol. The number of nitrogens with two attached hydrogens (primary N) is 1. The quantitative estimate of drug-likeness (QED) is 0.134. The summed E-state index contributed by atoms with van der Waals surface area (Å²) in [4.78, 5) is 34.8. The summed E-state index contributed by atoms with van der Waals surface area (Å²) in [7, 11) is 3.97. The number of benzene rings is 1. The third kappa shape index (κ3) is 11.2. The van der Waals surface area contributed by atoms with Gasteiger partial charge in [-0.3, -0.25) is 9.59 Å². The molecular formula is C32H45N7O3. The highest BCUT2D eigenvalue weighted by Gasteiger charge is 2.31. The van der Waals surface area contributed by atoms with Crippen LogP contribution in [0.15, 0.2) is 42.6 Å². The third-order valence-corrected chi connectivity index (χ3v) is 7.03. The van der Waals surface area contributed by atoms with Gasteiger partial charge in [-0.05, 0) is 83.1 Å². The predicted octanol–water partition coefficient (Wildman–Crippen LogP) is 3.88. The monoisotopic (exact) mass is 575 g/mol. The number of nitrogens with one attached hydrogen (secondary N) is 3. The van der Waals surface area contributed by atoms with Gasteiger partial charge in [-0.2, -0.15) is 4.98 Å². The van der Waals surface area contributed by atoms with Crippen molar-refractivity contribution >= 4 is 29.1 Å². The van der Waals surface area contributed by atoms with Crippen LogP contribution in [0.25, 0.3) is 0 Å². The van der Waals surface area contributed by atoms with Crippen LogP contribution in [0.3, 0.4) is 0 Å². The van der Waals surface area contributed by atoms with E-state index in [0.29, 0.717) is 37.0 Å². The Morgan fingerprint density at radius 3 is 2.62 bits per heavy atom. The molecule has 1 aromatic carbocycles. The number of primary amides is 1. The van der Waals surface area contributed by atoms with E-state index < -0.39 is 5.91 Å². The highest BCUT2D eigenvalue weighted by molar-refractivity contribution is 5.93. The van der Waals surface area contributed by atoms with E-state index in [0.717, 1.165) is 69.4 Å². The second kappa shape index (κ2) is 17.2. The number of aromatic nitrogens is 2. The van der Waals surface area contributed by atoms with Gasteiger partial charge in [-0.25, -0.2) is 4.98 Å². The first-order valence-corrected chi connectivity index (χ1v) is 14.7. The normalized spacial score (nSPS) is 14.4. The lowest BCUT2D eigenvalue weighted by atomic mass is 9.84. The molecule has 0 unspecified atom stereocenters. The summed E-state index contributed by atoms with van der Waals surface area (Å²) < 4.78 is 5.60. The number of anilines is 3. The summed E-state index contributed by atoms with van der Waals surface area (Å²) in [5.41, 5.74) is 7.19. The lowest BCUT2D eigenvalue weighted by Gasteiger charge is -2.38. The van der Waals surface area contributed by atoms with Gasteiger partial charge in [0.25, 0.3) is 0 Å².